The monoisotopic (exact) mass is 294 g/mol. The molecule has 19 heavy (non-hydrogen) atoms. The number of fused-ring (bicyclic) bond motifs is 1. The molecule has 1 saturated carbocycles. The summed E-state index contributed by atoms with van der Waals surface area (Å²) < 4.78 is 2.39. The molecule has 4 heteroatoms. The smallest absolute Gasteiger partial charge is 0.127 e. The normalized spacial score (nSPS) is 25.0. The van der Waals surface area contributed by atoms with Crippen LogP contribution in [0.1, 0.15) is 43.4 Å². The largest absolute Gasteiger partial charge is 0.324 e. The molecule has 0 spiro atoms. The van der Waals surface area contributed by atoms with Gasteiger partial charge >= 0.3 is 0 Å². The lowest BCUT2D eigenvalue weighted by atomic mass is 10.2. The Kier molecular flexibility index (Phi) is 3.77. The number of benzene rings is 1. The number of halogens is 1. The molecule has 2 aromatic rings. The Morgan fingerprint density at radius 1 is 1.37 bits per heavy atom. The van der Waals surface area contributed by atoms with Crippen LogP contribution in [0.25, 0.3) is 11.0 Å². The molecule has 1 aliphatic carbocycles. The highest BCUT2D eigenvalue weighted by molar-refractivity contribution is 7.99. The molecule has 3 rings (SSSR count). The fraction of sp³-hybridized carbons (Fsp3) is 0.533. The van der Waals surface area contributed by atoms with Gasteiger partial charge in [0, 0.05) is 11.3 Å². The topological polar surface area (TPSA) is 17.8 Å². The van der Waals surface area contributed by atoms with Gasteiger partial charge in [-0.05, 0) is 44.6 Å². The summed E-state index contributed by atoms with van der Waals surface area (Å²) in [6, 6.07) is 8.93. The van der Waals surface area contributed by atoms with Crippen LogP contribution in [0.15, 0.2) is 24.3 Å². The van der Waals surface area contributed by atoms with E-state index < -0.39 is 0 Å². The molecule has 2 nitrogen and oxygen atoms in total. The average Bonchev–Trinajstić information content (AvgIpc) is 3.02. The predicted octanol–water partition coefficient (Wildman–Crippen LogP) is 4.79. The van der Waals surface area contributed by atoms with E-state index in [-0.39, 0.29) is 5.38 Å². The van der Waals surface area contributed by atoms with Crippen LogP contribution in [-0.2, 0) is 0 Å². The van der Waals surface area contributed by atoms with Crippen LogP contribution in [0.4, 0.5) is 0 Å². The molecule has 0 radical (unpaired) electrons. The molecule has 0 amide bonds. The van der Waals surface area contributed by atoms with Crippen molar-refractivity contribution in [2.75, 3.05) is 6.26 Å². The zero-order valence-corrected chi connectivity index (χ0v) is 12.9. The highest BCUT2D eigenvalue weighted by Crippen LogP contribution is 2.40. The standard InChI is InChI=1S/C15H19ClN2S/c1-10(16)15-17-13-5-3-4-6-14(13)18(15)11-7-8-12(9-11)19-2/h3-6,10-12H,7-9H2,1-2H3. The summed E-state index contributed by atoms with van der Waals surface area (Å²) >= 11 is 8.33. The number of nitrogens with zero attached hydrogens (tertiary/aromatic N) is 2. The van der Waals surface area contributed by atoms with Crippen LogP contribution in [-0.4, -0.2) is 21.1 Å². The van der Waals surface area contributed by atoms with Gasteiger partial charge in [0.2, 0.25) is 0 Å². The zero-order valence-electron chi connectivity index (χ0n) is 11.3. The summed E-state index contributed by atoms with van der Waals surface area (Å²) in [5.74, 6) is 1.02. The molecule has 3 unspecified atom stereocenters. The van der Waals surface area contributed by atoms with Gasteiger partial charge in [0.05, 0.1) is 16.4 Å². The van der Waals surface area contributed by atoms with Gasteiger partial charge in [0.15, 0.2) is 0 Å². The first kappa shape index (κ1) is 13.3. The number of thioether (sulfide) groups is 1. The Morgan fingerprint density at radius 2 is 2.16 bits per heavy atom. The van der Waals surface area contributed by atoms with Crippen molar-refractivity contribution in [3.05, 3.63) is 30.1 Å². The molecule has 1 heterocycles. The van der Waals surface area contributed by atoms with Crippen molar-refractivity contribution in [1.82, 2.24) is 9.55 Å². The van der Waals surface area contributed by atoms with Crippen molar-refractivity contribution in [2.45, 2.75) is 42.9 Å². The van der Waals surface area contributed by atoms with E-state index in [1.807, 2.05) is 24.8 Å². The molecule has 0 bridgehead atoms. The molecule has 0 saturated heterocycles. The van der Waals surface area contributed by atoms with Gasteiger partial charge in [0.25, 0.3) is 0 Å². The van der Waals surface area contributed by atoms with Crippen molar-refractivity contribution in [1.29, 1.82) is 0 Å². The molecule has 1 aromatic heterocycles. The Labute approximate surface area is 123 Å². The second-order valence-corrected chi connectivity index (χ2v) is 7.06. The predicted molar refractivity (Wildman–Crippen MR) is 84.2 cm³/mol. The maximum atomic E-state index is 6.34. The van der Waals surface area contributed by atoms with E-state index in [1.165, 1.54) is 24.8 Å². The molecule has 1 aliphatic rings. The molecule has 0 N–H and O–H groups in total. The zero-order chi connectivity index (χ0) is 13.4. The number of imidazole rings is 1. The first-order chi connectivity index (χ1) is 9.20. The second kappa shape index (κ2) is 5.37. The maximum absolute atomic E-state index is 6.34. The van der Waals surface area contributed by atoms with Gasteiger partial charge in [-0.1, -0.05) is 12.1 Å². The summed E-state index contributed by atoms with van der Waals surface area (Å²) in [6.07, 6.45) is 5.99. The van der Waals surface area contributed by atoms with Gasteiger partial charge in [-0.2, -0.15) is 11.8 Å². The van der Waals surface area contributed by atoms with Crippen molar-refractivity contribution >= 4 is 34.4 Å². The van der Waals surface area contributed by atoms with E-state index in [0.29, 0.717) is 6.04 Å². The number of aromatic nitrogens is 2. The number of hydrogen-bond acceptors (Lipinski definition) is 2. The SMILES string of the molecule is CSC1CCC(n2c(C(C)Cl)nc3ccccc32)C1. The van der Waals surface area contributed by atoms with Crippen molar-refractivity contribution in [3.63, 3.8) is 0 Å². The summed E-state index contributed by atoms with van der Waals surface area (Å²) in [5, 5.41) is 0.741. The first-order valence-electron chi connectivity index (χ1n) is 6.84. The van der Waals surface area contributed by atoms with Crippen molar-refractivity contribution in [2.24, 2.45) is 0 Å². The number of rotatable bonds is 3. The number of alkyl halides is 1. The van der Waals surface area contributed by atoms with Crippen molar-refractivity contribution in [3.8, 4) is 0 Å². The summed E-state index contributed by atoms with van der Waals surface area (Å²) in [4.78, 5) is 4.73. The third kappa shape index (κ3) is 2.38. The van der Waals surface area contributed by atoms with Crippen LogP contribution in [0, 0.1) is 0 Å². The Bertz CT molecular complexity index is 579. The maximum Gasteiger partial charge on any atom is 0.127 e. The molecule has 102 valence electrons. The molecule has 1 aromatic carbocycles. The fourth-order valence-electron chi connectivity index (χ4n) is 3.09. The minimum Gasteiger partial charge on any atom is -0.324 e. The Morgan fingerprint density at radius 3 is 2.84 bits per heavy atom. The molecule has 3 atom stereocenters. The van der Waals surface area contributed by atoms with Crippen LogP contribution in [0.2, 0.25) is 0 Å². The molecule has 1 fully saturated rings. The highest BCUT2D eigenvalue weighted by Gasteiger charge is 2.29. The van der Waals surface area contributed by atoms with Crippen LogP contribution in [0.3, 0.4) is 0 Å². The van der Waals surface area contributed by atoms with E-state index >= 15 is 0 Å². The van der Waals surface area contributed by atoms with E-state index in [0.717, 1.165) is 16.6 Å². The van der Waals surface area contributed by atoms with Gasteiger partial charge < -0.3 is 4.57 Å². The number of hydrogen-bond donors (Lipinski definition) is 0. The number of para-hydroxylation sites is 2. The quantitative estimate of drug-likeness (QED) is 0.757. The lowest BCUT2D eigenvalue weighted by molar-refractivity contribution is 0.511. The van der Waals surface area contributed by atoms with Gasteiger partial charge in [-0.15, -0.1) is 11.6 Å². The van der Waals surface area contributed by atoms with Gasteiger partial charge in [0.1, 0.15) is 5.82 Å². The molecule has 0 aliphatic heterocycles. The highest BCUT2D eigenvalue weighted by atomic mass is 35.5. The lowest BCUT2D eigenvalue weighted by Gasteiger charge is -2.18. The minimum absolute atomic E-state index is 0.0410. The van der Waals surface area contributed by atoms with Crippen molar-refractivity contribution < 1.29 is 0 Å². The van der Waals surface area contributed by atoms with E-state index in [2.05, 4.69) is 29.0 Å². The second-order valence-electron chi connectivity index (χ2n) is 5.27. The van der Waals surface area contributed by atoms with Gasteiger partial charge in [-0.3, -0.25) is 0 Å². The van der Waals surface area contributed by atoms with Crippen LogP contribution in [0.5, 0.6) is 0 Å². The fourth-order valence-corrected chi connectivity index (χ4v) is 4.03. The third-order valence-corrected chi connectivity index (χ3v) is 5.32. The summed E-state index contributed by atoms with van der Waals surface area (Å²) in [7, 11) is 0. The van der Waals surface area contributed by atoms with E-state index in [9.17, 15) is 0 Å². The van der Waals surface area contributed by atoms with Crippen LogP contribution < -0.4 is 0 Å². The summed E-state index contributed by atoms with van der Waals surface area (Å²) in [5.41, 5.74) is 2.30. The lowest BCUT2D eigenvalue weighted by Crippen LogP contribution is -2.10. The van der Waals surface area contributed by atoms with E-state index in [1.54, 1.807) is 0 Å². The third-order valence-electron chi connectivity index (χ3n) is 4.03. The first-order valence-corrected chi connectivity index (χ1v) is 8.57. The minimum atomic E-state index is -0.0410. The Hall–Kier alpha value is -0.670. The molecular weight excluding hydrogens is 276 g/mol. The summed E-state index contributed by atoms with van der Waals surface area (Å²) in [6.45, 7) is 2.01. The van der Waals surface area contributed by atoms with E-state index in [4.69, 9.17) is 16.6 Å². The van der Waals surface area contributed by atoms with Gasteiger partial charge in [-0.25, -0.2) is 4.98 Å². The van der Waals surface area contributed by atoms with Crippen LogP contribution >= 0.6 is 23.4 Å². The molecular formula is C15H19ClN2S. The Balaban J connectivity index is 2.08. The average molecular weight is 295 g/mol.